The molecule has 1 saturated heterocycles. The minimum Gasteiger partial charge on any atom is -0.384 e. The van der Waals surface area contributed by atoms with Gasteiger partial charge >= 0.3 is 0 Å². The van der Waals surface area contributed by atoms with Gasteiger partial charge in [-0.05, 0) is 38.3 Å². The molecule has 1 heterocycles. The first-order chi connectivity index (χ1) is 8.65. The summed E-state index contributed by atoms with van der Waals surface area (Å²) < 4.78 is 0. The van der Waals surface area contributed by atoms with Gasteiger partial charge in [-0.15, -0.1) is 0 Å². The van der Waals surface area contributed by atoms with Gasteiger partial charge < -0.3 is 15.7 Å². The standard InChI is InChI=1S/C15H24N2O/c1-13-6-5-10-17(13)11-9-15(18,12-16)14-7-3-2-4-8-14/h2-4,7-8,13,18H,5-6,9-12,16H2,1H3. The molecule has 100 valence electrons. The van der Waals surface area contributed by atoms with Crippen LogP contribution in [0, 0.1) is 0 Å². The van der Waals surface area contributed by atoms with Gasteiger partial charge in [0.2, 0.25) is 0 Å². The molecule has 2 rings (SSSR count). The molecule has 18 heavy (non-hydrogen) atoms. The largest absolute Gasteiger partial charge is 0.384 e. The fourth-order valence-corrected chi connectivity index (χ4v) is 2.77. The lowest BCUT2D eigenvalue weighted by atomic mass is 9.90. The van der Waals surface area contributed by atoms with Crippen LogP contribution in [0.15, 0.2) is 30.3 Å². The average molecular weight is 248 g/mol. The van der Waals surface area contributed by atoms with E-state index in [2.05, 4.69) is 11.8 Å². The topological polar surface area (TPSA) is 49.5 Å². The Morgan fingerprint density at radius 3 is 2.67 bits per heavy atom. The van der Waals surface area contributed by atoms with Gasteiger partial charge in [0, 0.05) is 19.1 Å². The van der Waals surface area contributed by atoms with Crippen molar-refractivity contribution in [2.45, 2.75) is 37.8 Å². The maximum Gasteiger partial charge on any atom is 0.103 e. The Morgan fingerprint density at radius 1 is 1.39 bits per heavy atom. The Hall–Kier alpha value is -0.900. The van der Waals surface area contributed by atoms with Gasteiger partial charge in [-0.1, -0.05) is 30.3 Å². The Kier molecular flexibility index (Phi) is 4.38. The third kappa shape index (κ3) is 2.91. The van der Waals surface area contributed by atoms with Crippen LogP contribution >= 0.6 is 0 Å². The zero-order valence-corrected chi connectivity index (χ0v) is 11.2. The SMILES string of the molecule is CC1CCCN1CCC(O)(CN)c1ccccc1. The number of aliphatic hydroxyl groups is 1. The number of rotatable bonds is 5. The van der Waals surface area contributed by atoms with Crippen LogP contribution in [0.1, 0.15) is 31.7 Å². The number of nitrogens with two attached hydrogens (primary N) is 1. The molecular weight excluding hydrogens is 224 g/mol. The summed E-state index contributed by atoms with van der Waals surface area (Å²) in [4.78, 5) is 2.45. The van der Waals surface area contributed by atoms with Crippen molar-refractivity contribution in [3.05, 3.63) is 35.9 Å². The Morgan fingerprint density at radius 2 is 2.11 bits per heavy atom. The van der Waals surface area contributed by atoms with E-state index in [9.17, 15) is 5.11 Å². The summed E-state index contributed by atoms with van der Waals surface area (Å²) in [6.07, 6.45) is 3.25. The lowest BCUT2D eigenvalue weighted by Gasteiger charge is -2.30. The monoisotopic (exact) mass is 248 g/mol. The molecule has 3 nitrogen and oxygen atoms in total. The summed E-state index contributed by atoms with van der Waals surface area (Å²) in [5, 5.41) is 10.7. The van der Waals surface area contributed by atoms with Gasteiger partial charge in [0.1, 0.15) is 5.60 Å². The highest BCUT2D eigenvalue weighted by atomic mass is 16.3. The van der Waals surface area contributed by atoms with Gasteiger partial charge in [0.05, 0.1) is 0 Å². The highest BCUT2D eigenvalue weighted by Crippen LogP contribution is 2.26. The van der Waals surface area contributed by atoms with Gasteiger partial charge in [-0.25, -0.2) is 0 Å². The molecule has 0 spiro atoms. The van der Waals surface area contributed by atoms with Crippen molar-refractivity contribution >= 4 is 0 Å². The van der Waals surface area contributed by atoms with E-state index in [0.29, 0.717) is 12.5 Å². The molecule has 0 bridgehead atoms. The summed E-state index contributed by atoms with van der Waals surface area (Å²) in [5.74, 6) is 0. The summed E-state index contributed by atoms with van der Waals surface area (Å²) in [6, 6.07) is 10.4. The van der Waals surface area contributed by atoms with Crippen LogP contribution in [0.2, 0.25) is 0 Å². The Labute approximate surface area is 110 Å². The molecule has 1 aromatic rings. The molecule has 1 aliphatic rings. The van der Waals surface area contributed by atoms with E-state index in [0.717, 1.165) is 18.7 Å². The Balaban J connectivity index is 2.00. The molecule has 0 aliphatic carbocycles. The van der Waals surface area contributed by atoms with Crippen LogP contribution in [0.25, 0.3) is 0 Å². The van der Waals surface area contributed by atoms with Gasteiger partial charge in [-0.2, -0.15) is 0 Å². The zero-order valence-electron chi connectivity index (χ0n) is 11.2. The van der Waals surface area contributed by atoms with Crippen molar-refractivity contribution in [1.82, 2.24) is 4.90 Å². The lowest BCUT2D eigenvalue weighted by Crippen LogP contribution is -2.39. The first kappa shape index (κ1) is 13.5. The predicted molar refractivity (Wildman–Crippen MR) is 74.3 cm³/mol. The molecule has 0 radical (unpaired) electrons. The molecule has 0 amide bonds. The van der Waals surface area contributed by atoms with Gasteiger partial charge in [-0.3, -0.25) is 0 Å². The van der Waals surface area contributed by atoms with Crippen molar-refractivity contribution in [3.8, 4) is 0 Å². The van der Waals surface area contributed by atoms with E-state index in [1.54, 1.807) is 0 Å². The molecule has 3 N–H and O–H groups in total. The third-order valence-corrected chi connectivity index (χ3v) is 4.15. The number of nitrogens with zero attached hydrogens (tertiary/aromatic N) is 1. The van der Waals surface area contributed by atoms with E-state index in [4.69, 9.17) is 5.73 Å². The van der Waals surface area contributed by atoms with E-state index < -0.39 is 5.60 Å². The second-order valence-corrected chi connectivity index (χ2v) is 5.38. The summed E-state index contributed by atoms with van der Waals surface area (Å²) >= 11 is 0. The van der Waals surface area contributed by atoms with Crippen LogP contribution in [0.5, 0.6) is 0 Å². The lowest BCUT2D eigenvalue weighted by molar-refractivity contribution is 0.0251. The number of hydrogen-bond acceptors (Lipinski definition) is 3. The molecule has 0 saturated carbocycles. The highest BCUT2D eigenvalue weighted by Gasteiger charge is 2.29. The molecule has 3 heteroatoms. The maximum atomic E-state index is 10.7. The molecular formula is C15H24N2O. The molecule has 1 aliphatic heterocycles. The smallest absolute Gasteiger partial charge is 0.103 e. The van der Waals surface area contributed by atoms with Gasteiger partial charge in [0.15, 0.2) is 0 Å². The average Bonchev–Trinajstić information content (AvgIpc) is 2.83. The van der Waals surface area contributed by atoms with E-state index in [1.165, 1.54) is 12.8 Å². The van der Waals surface area contributed by atoms with Crippen molar-refractivity contribution in [2.75, 3.05) is 19.6 Å². The zero-order chi connectivity index (χ0) is 13.0. The third-order valence-electron chi connectivity index (χ3n) is 4.15. The van der Waals surface area contributed by atoms with Crippen LogP contribution in [0.3, 0.4) is 0 Å². The first-order valence-corrected chi connectivity index (χ1v) is 6.88. The van der Waals surface area contributed by atoms with Crippen LogP contribution < -0.4 is 5.73 Å². The summed E-state index contributed by atoms with van der Waals surface area (Å²) in [5.41, 5.74) is 5.83. The summed E-state index contributed by atoms with van der Waals surface area (Å²) in [7, 11) is 0. The molecule has 0 aromatic heterocycles. The van der Waals surface area contributed by atoms with Gasteiger partial charge in [0.25, 0.3) is 0 Å². The van der Waals surface area contributed by atoms with Crippen LogP contribution in [-0.2, 0) is 5.60 Å². The van der Waals surface area contributed by atoms with Crippen LogP contribution in [0.4, 0.5) is 0 Å². The second-order valence-electron chi connectivity index (χ2n) is 5.38. The van der Waals surface area contributed by atoms with Crippen LogP contribution in [-0.4, -0.2) is 35.7 Å². The first-order valence-electron chi connectivity index (χ1n) is 6.88. The molecule has 2 atom stereocenters. The highest BCUT2D eigenvalue weighted by molar-refractivity contribution is 5.22. The number of likely N-dealkylation sites (tertiary alicyclic amines) is 1. The van der Waals surface area contributed by atoms with E-state index >= 15 is 0 Å². The van der Waals surface area contributed by atoms with Crippen molar-refractivity contribution < 1.29 is 5.11 Å². The minimum absolute atomic E-state index is 0.277. The van der Waals surface area contributed by atoms with Crippen molar-refractivity contribution in [2.24, 2.45) is 5.73 Å². The number of benzene rings is 1. The molecule has 2 unspecified atom stereocenters. The Bertz CT molecular complexity index is 368. The molecule has 1 fully saturated rings. The second kappa shape index (κ2) is 5.83. The molecule has 1 aromatic carbocycles. The maximum absolute atomic E-state index is 10.7. The van der Waals surface area contributed by atoms with Crippen molar-refractivity contribution in [1.29, 1.82) is 0 Å². The minimum atomic E-state index is -0.885. The number of hydrogen-bond donors (Lipinski definition) is 2. The summed E-state index contributed by atoms with van der Waals surface area (Å²) in [6.45, 7) is 4.61. The predicted octanol–water partition coefficient (Wildman–Crippen LogP) is 1.71. The quantitative estimate of drug-likeness (QED) is 0.834. The fraction of sp³-hybridized carbons (Fsp3) is 0.600. The normalized spacial score (nSPS) is 24.1. The fourth-order valence-electron chi connectivity index (χ4n) is 2.77. The van der Waals surface area contributed by atoms with E-state index in [1.807, 2.05) is 30.3 Å². The van der Waals surface area contributed by atoms with E-state index in [-0.39, 0.29) is 6.54 Å². The van der Waals surface area contributed by atoms with Crippen molar-refractivity contribution in [3.63, 3.8) is 0 Å².